The van der Waals surface area contributed by atoms with Gasteiger partial charge >= 0.3 is 0 Å². The van der Waals surface area contributed by atoms with Gasteiger partial charge in [0.05, 0.1) is 6.10 Å². The summed E-state index contributed by atoms with van der Waals surface area (Å²) in [6.07, 6.45) is 10.7. The highest BCUT2D eigenvalue weighted by Crippen LogP contribution is 2.18. The number of aromatic nitrogens is 1. The van der Waals surface area contributed by atoms with Crippen molar-refractivity contribution in [2.75, 3.05) is 6.61 Å². The highest BCUT2D eigenvalue weighted by molar-refractivity contribution is 5.14. The van der Waals surface area contributed by atoms with Crippen LogP contribution in [0.5, 0.6) is 0 Å². The summed E-state index contributed by atoms with van der Waals surface area (Å²) in [5.74, 6) is 0. The molecule has 0 amide bonds. The number of ether oxygens (including phenoxy) is 1. The summed E-state index contributed by atoms with van der Waals surface area (Å²) in [7, 11) is 0. The molecular weight excluding hydrogens is 212 g/mol. The molecular formula is C14H24N2O. The molecule has 2 rings (SSSR count). The maximum absolute atomic E-state index is 6.00. The van der Waals surface area contributed by atoms with Gasteiger partial charge in [0.15, 0.2) is 0 Å². The zero-order chi connectivity index (χ0) is 12.1. The van der Waals surface area contributed by atoms with Crippen molar-refractivity contribution in [2.24, 2.45) is 5.73 Å². The maximum Gasteiger partial charge on any atom is 0.0576 e. The molecule has 1 aliphatic rings. The van der Waals surface area contributed by atoms with Crippen molar-refractivity contribution in [1.82, 2.24) is 4.57 Å². The Balaban J connectivity index is 1.73. The average Bonchev–Trinajstić information content (AvgIpc) is 2.99. The number of hydrogen-bond donors (Lipinski definition) is 1. The highest BCUT2D eigenvalue weighted by Gasteiger charge is 2.14. The number of aryl methyl sites for hydroxylation is 1. The second kappa shape index (κ2) is 6.22. The van der Waals surface area contributed by atoms with Crippen molar-refractivity contribution in [1.29, 1.82) is 0 Å². The van der Waals surface area contributed by atoms with Crippen LogP contribution in [0.2, 0.25) is 0 Å². The zero-order valence-corrected chi connectivity index (χ0v) is 10.8. The molecule has 3 heteroatoms. The van der Waals surface area contributed by atoms with Gasteiger partial charge in [0, 0.05) is 31.6 Å². The Morgan fingerprint density at radius 1 is 1.59 bits per heavy atom. The first-order valence-electron chi connectivity index (χ1n) is 6.82. The van der Waals surface area contributed by atoms with Crippen LogP contribution in [0.1, 0.15) is 50.6 Å². The van der Waals surface area contributed by atoms with Crippen molar-refractivity contribution in [3.63, 3.8) is 0 Å². The van der Waals surface area contributed by atoms with Crippen LogP contribution in [0, 0.1) is 0 Å². The van der Waals surface area contributed by atoms with E-state index in [9.17, 15) is 0 Å². The predicted octanol–water partition coefficient (Wildman–Crippen LogP) is 2.86. The van der Waals surface area contributed by atoms with E-state index in [1.165, 1.54) is 31.2 Å². The quantitative estimate of drug-likeness (QED) is 0.825. The second-order valence-corrected chi connectivity index (χ2v) is 4.97. The molecule has 3 nitrogen and oxygen atoms in total. The molecule has 1 aromatic rings. The van der Waals surface area contributed by atoms with Crippen LogP contribution in [0.4, 0.5) is 0 Å². The molecule has 0 saturated carbocycles. The van der Waals surface area contributed by atoms with Gasteiger partial charge in [-0.3, -0.25) is 0 Å². The van der Waals surface area contributed by atoms with Crippen LogP contribution in [0.25, 0.3) is 0 Å². The Hall–Kier alpha value is -0.800. The van der Waals surface area contributed by atoms with Gasteiger partial charge in [-0.05, 0) is 43.7 Å². The lowest BCUT2D eigenvalue weighted by atomic mass is 10.1. The lowest BCUT2D eigenvalue weighted by Gasteiger charge is -2.09. The number of hydrogen-bond acceptors (Lipinski definition) is 2. The summed E-state index contributed by atoms with van der Waals surface area (Å²) in [4.78, 5) is 0. The molecule has 0 radical (unpaired) electrons. The van der Waals surface area contributed by atoms with Crippen molar-refractivity contribution in [3.05, 3.63) is 24.0 Å². The van der Waals surface area contributed by atoms with E-state index < -0.39 is 0 Å². The summed E-state index contributed by atoms with van der Waals surface area (Å²) in [6.45, 7) is 4.17. The van der Waals surface area contributed by atoms with Crippen molar-refractivity contribution in [2.45, 2.75) is 57.7 Å². The van der Waals surface area contributed by atoms with Gasteiger partial charge in [-0.2, -0.15) is 0 Å². The molecule has 0 spiro atoms. The Bertz CT molecular complexity index is 329. The third-order valence-electron chi connectivity index (χ3n) is 3.61. The van der Waals surface area contributed by atoms with Gasteiger partial charge in [-0.15, -0.1) is 0 Å². The van der Waals surface area contributed by atoms with Crippen molar-refractivity contribution >= 4 is 0 Å². The largest absolute Gasteiger partial charge is 0.378 e. The monoisotopic (exact) mass is 236 g/mol. The Morgan fingerprint density at radius 3 is 3.18 bits per heavy atom. The molecule has 1 fully saturated rings. The van der Waals surface area contributed by atoms with E-state index in [0.717, 1.165) is 19.6 Å². The first-order valence-corrected chi connectivity index (χ1v) is 6.82. The Labute approximate surface area is 104 Å². The van der Waals surface area contributed by atoms with Gasteiger partial charge in [0.1, 0.15) is 0 Å². The van der Waals surface area contributed by atoms with Gasteiger partial charge in [0.25, 0.3) is 0 Å². The summed E-state index contributed by atoms with van der Waals surface area (Å²) in [5.41, 5.74) is 7.26. The Morgan fingerprint density at radius 2 is 2.47 bits per heavy atom. The standard InChI is InChI=1S/C14H24N2O/c1-2-14(15)12-7-9-16(11-12)8-3-5-13-6-4-10-17-13/h7,9,11,13-14H,2-6,8,10,15H2,1H3. The first kappa shape index (κ1) is 12.7. The molecule has 17 heavy (non-hydrogen) atoms. The van der Waals surface area contributed by atoms with E-state index in [2.05, 4.69) is 30.0 Å². The fourth-order valence-electron chi connectivity index (χ4n) is 2.43. The van der Waals surface area contributed by atoms with Crippen LogP contribution in [-0.4, -0.2) is 17.3 Å². The molecule has 2 heterocycles. The zero-order valence-electron chi connectivity index (χ0n) is 10.8. The minimum Gasteiger partial charge on any atom is -0.378 e. The van der Waals surface area contributed by atoms with Gasteiger partial charge in [-0.25, -0.2) is 0 Å². The fourth-order valence-corrected chi connectivity index (χ4v) is 2.43. The number of nitrogens with zero attached hydrogens (tertiary/aromatic N) is 1. The molecule has 1 aliphatic heterocycles. The van der Waals surface area contributed by atoms with Crippen LogP contribution in [0.15, 0.2) is 18.5 Å². The average molecular weight is 236 g/mol. The molecule has 1 aromatic heterocycles. The normalized spacial score (nSPS) is 21.9. The van der Waals surface area contributed by atoms with E-state index in [1.807, 2.05) is 0 Å². The number of rotatable bonds is 6. The van der Waals surface area contributed by atoms with E-state index in [0.29, 0.717) is 6.10 Å². The van der Waals surface area contributed by atoms with E-state index in [4.69, 9.17) is 10.5 Å². The van der Waals surface area contributed by atoms with E-state index in [1.54, 1.807) is 0 Å². The summed E-state index contributed by atoms with van der Waals surface area (Å²) >= 11 is 0. The summed E-state index contributed by atoms with van der Waals surface area (Å²) in [5, 5.41) is 0. The first-order chi connectivity index (χ1) is 8.29. The third-order valence-corrected chi connectivity index (χ3v) is 3.61. The van der Waals surface area contributed by atoms with Crippen LogP contribution < -0.4 is 5.73 Å². The Kier molecular flexibility index (Phi) is 4.63. The van der Waals surface area contributed by atoms with E-state index in [-0.39, 0.29) is 6.04 Å². The highest BCUT2D eigenvalue weighted by atomic mass is 16.5. The van der Waals surface area contributed by atoms with Crippen LogP contribution >= 0.6 is 0 Å². The molecule has 96 valence electrons. The molecule has 2 N–H and O–H groups in total. The van der Waals surface area contributed by atoms with Gasteiger partial charge in [-0.1, -0.05) is 6.92 Å². The molecule has 0 aliphatic carbocycles. The molecule has 1 saturated heterocycles. The maximum atomic E-state index is 6.00. The fraction of sp³-hybridized carbons (Fsp3) is 0.714. The van der Waals surface area contributed by atoms with E-state index >= 15 is 0 Å². The molecule has 0 bridgehead atoms. The summed E-state index contributed by atoms with van der Waals surface area (Å²) in [6, 6.07) is 2.33. The minimum atomic E-state index is 0.189. The minimum absolute atomic E-state index is 0.189. The lowest BCUT2D eigenvalue weighted by molar-refractivity contribution is 0.101. The lowest BCUT2D eigenvalue weighted by Crippen LogP contribution is -2.08. The van der Waals surface area contributed by atoms with Crippen molar-refractivity contribution in [3.8, 4) is 0 Å². The topological polar surface area (TPSA) is 40.2 Å². The van der Waals surface area contributed by atoms with Crippen LogP contribution in [0.3, 0.4) is 0 Å². The van der Waals surface area contributed by atoms with Crippen molar-refractivity contribution < 1.29 is 4.74 Å². The molecule has 0 aromatic carbocycles. The van der Waals surface area contributed by atoms with Gasteiger partial charge in [0.2, 0.25) is 0 Å². The predicted molar refractivity (Wildman–Crippen MR) is 69.9 cm³/mol. The molecule has 2 atom stereocenters. The smallest absolute Gasteiger partial charge is 0.0576 e. The molecule has 2 unspecified atom stereocenters. The number of nitrogens with two attached hydrogens (primary N) is 1. The SMILES string of the molecule is CCC(N)c1ccn(CCCC2CCCO2)c1. The summed E-state index contributed by atoms with van der Waals surface area (Å²) < 4.78 is 7.87. The van der Waals surface area contributed by atoms with Gasteiger partial charge < -0.3 is 15.0 Å². The second-order valence-electron chi connectivity index (χ2n) is 4.97. The van der Waals surface area contributed by atoms with Crippen LogP contribution in [-0.2, 0) is 11.3 Å². The third kappa shape index (κ3) is 3.58.